The van der Waals surface area contributed by atoms with Gasteiger partial charge in [-0.1, -0.05) is 31.2 Å². The Hall–Kier alpha value is -2.69. The van der Waals surface area contributed by atoms with Crippen LogP contribution in [-0.4, -0.2) is 19.7 Å². The number of hydrogen-bond acceptors (Lipinski definition) is 3. The van der Waals surface area contributed by atoms with E-state index in [4.69, 9.17) is 9.47 Å². The van der Waals surface area contributed by atoms with Crippen molar-refractivity contribution in [2.45, 2.75) is 13.3 Å². The van der Waals surface area contributed by atoms with E-state index in [1.807, 2.05) is 37.3 Å². The minimum Gasteiger partial charge on any atom is -0.495 e. The Morgan fingerprint density at radius 1 is 0.955 bits per heavy atom. The molecule has 0 heterocycles. The lowest BCUT2D eigenvalue weighted by Crippen LogP contribution is -2.20. The summed E-state index contributed by atoms with van der Waals surface area (Å²) < 4.78 is 10.8. The zero-order valence-corrected chi connectivity index (χ0v) is 12.8. The van der Waals surface area contributed by atoms with Gasteiger partial charge in [0, 0.05) is 0 Å². The van der Waals surface area contributed by atoms with E-state index in [9.17, 15) is 4.79 Å². The van der Waals surface area contributed by atoms with Crippen molar-refractivity contribution < 1.29 is 14.3 Å². The SMILES string of the molecule is CCCOc1ccccc1NC(=O)Nc1ccccc1OC. The van der Waals surface area contributed by atoms with Gasteiger partial charge >= 0.3 is 6.03 Å². The van der Waals surface area contributed by atoms with E-state index in [0.717, 1.165) is 6.42 Å². The van der Waals surface area contributed by atoms with Crippen molar-refractivity contribution in [1.29, 1.82) is 0 Å². The molecule has 5 nitrogen and oxygen atoms in total. The fraction of sp³-hybridized carbons (Fsp3) is 0.235. The highest BCUT2D eigenvalue weighted by Crippen LogP contribution is 2.26. The average molecular weight is 300 g/mol. The molecule has 0 fully saturated rings. The molecule has 2 N–H and O–H groups in total. The van der Waals surface area contributed by atoms with Crippen LogP contribution in [0.2, 0.25) is 0 Å². The first kappa shape index (κ1) is 15.7. The molecule has 0 atom stereocenters. The number of para-hydroxylation sites is 4. The lowest BCUT2D eigenvalue weighted by Gasteiger charge is -2.13. The average Bonchev–Trinajstić information content (AvgIpc) is 2.54. The van der Waals surface area contributed by atoms with E-state index >= 15 is 0 Å². The Balaban J connectivity index is 2.06. The number of urea groups is 1. The molecule has 0 saturated carbocycles. The molecule has 5 heteroatoms. The van der Waals surface area contributed by atoms with Crippen LogP contribution in [0.3, 0.4) is 0 Å². The van der Waals surface area contributed by atoms with Gasteiger partial charge in [0.25, 0.3) is 0 Å². The van der Waals surface area contributed by atoms with Crippen LogP contribution in [0.5, 0.6) is 11.5 Å². The predicted molar refractivity (Wildman–Crippen MR) is 87.9 cm³/mol. The van der Waals surface area contributed by atoms with Gasteiger partial charge in [-0.15, -0.1) is 0 Å². The highest BCUT2D eigenvalue weighted by molar-refractivity contribution is 6.01. The van der Waals surface area contributed by atoms with Gasteiger partial charge in [-0.05, 0) is 30.7 Å². The first-order valence-corrected chi connectivity index (χ1v) is 7.17. The van der Waals surface area contributed by atoms with Crippen LogP contribution in [0.1, 0.15) is 13.3 Å². The van der Waals surface area contributed by atoms with Crippen molar-refractivity contribution in [3.63, 3.8) is 0 Å². The zero-order chi connectivity index (χ0) is 15.8. The third-order valence-electron chi connectivity index (χ3n) is 2.95. The van der Waals surface area contributed by atoms with Crippen LogP contribution in [-0.2, 0) is 0 Å². The van der Waals surface area contributed by atoms with Crippen molar-refractivity contribution in [3.8, 4) is 11.5 Å². The third kappa shape index (κ3) is 4.15. The molecule has 2 amide bonds. The van der Waals surface area contributed by atoms with Gasteiger partial charge in [0.05, 0.1) is 25.1 Å². The van der Waals surface area contributed by atoms with Gasteiger partial charge in [0.1, 0.15) is 11.5 Å². The summed E-state index contributed by atoms with van der Waals surface area (Å²) in [4.78, 5) is 12.1. The van der Waals surface area contributed by atoms with Gasteiger partial charge in [0.15, 0.2) is 0 Å². The maximum Gasteiger partial charge on any atom is 0.323 e. The highest BCUT2D eigenvalue weighted by Gasteiger charge is 2.09. The van der Waals surface area contributed by atoms with Gasteiger partial charge < -0.3 is 20.1 Å². The Kier molecular flexibility index (Phi) is 5.65. The first-order chi connectivity index (χ1) is 10.7. The van der Waals surface area contributed by atoms with E-state index in [2.05, 4.69) is 10.6 Å². The molecule has 0 spiro atoms. The maximum absolute atomic E-state index is 12.1. The molecular formula is C17H20N2O3. The largest absolute Gasteiger partial charge is 0.495 e. The number of methoxy groups -OCH3 is 1. The standard InChI is InChI=1S/C17H20N2O3/c1-3-12-22-16-11-7-5-9-14(16)19-17(20)18-13-8-4-6-10-15(13)21-2/h4-11H,3,12H2,1-2H3,(H2,18,19,20). The van der Waals surface area contributed by atoms with Gasteiger partial charge in [-0.2, -0.15) is 0 Å². The molecule has 2 rings (SSSR count). The summed E-state index contributed by atoms with van der Waals surface area (Å²) in [6.07, 6.45) is 0.905. The number of carbonyl (C=O) groups excluding carboxylic acids is 1. The fourth-order valence-electron chi connectivity index (χ4n) is 1.93. The zero-order valence-electron chi connectivity index (χ0n) is 12.8. The highest BCUT2D eigenvalue weighted by atomic mass is 16.5. The van der Waals surface area contributed by atoms with E-state index in [1.165, 1.54) is 0 Å². The summed E-state index contributed by atoms with van der Waals surface area (Å²) in [5, 5.41) is 5.55. The van der Waals surface area contributed by atoms with Crippen LogP contribution < -0.4 is 20.1 Å². The minimum absolute atomic E-state index is 0.350. The number of benzene rings is 2. The molecule has 0 saturated heterocycles. The minimum atomic E-state index is -0.350. The Morgan fingerprint density at radius 3 is 2.09 bits per heavy atom. The Labute approximate surface area is 130 Å². The number of rotatable bonds is 6. The van der Waals surface area contributed by atoms with Crippen LogP contribution in [0.4, 0.5) is 16.2 Å². The topological polar surface area (TPSA) is 59.6 Å². The second-order valence-corrected chi connectivity index (χ2v) is 4.62. The van der Waals surface area contributed by atoms with Crippen LogP contribution in [0.15, 0.2) is 48.5 Å². The van der Waals surface area contributed by atoms with Crippen LogP contribution in [0.25, 0.3) is 0 Å². The molecular weight excluding hydrogens is 280 g/mol. The van der Waals surface area contributed by atoms with Crippen molar-refractivity contribution in [2.24, 2.45) is 0 Å². The predicted octanol–water partition coefficient (Wildman–Crippen LogP) is 4.13. The van der Waals surface area contributed by atoms with Gasteiger partial charge in [0.2, 0.25) is 0 Å². The summed E-state index contributed by atoms with van der Waals surface area (Å²) in [7, 11) is 1.56. The number of amides is 2. The molecule has 0 aliphatic rings. The summed E-state index contributed by atoms with van der Waals surface area (Å²) in [5.41, 5.74) is 1.23. The second-order valence-electron chi connectivity index (χ2n) is 4.62. The Bertz CT molecular complexity index is 629. The van der Waals surface area contributed by atoms with E-state index < -0.39 is 0 Å². The smallest absolute Gasteiger partial charge is 0.323 e. The lowest BCUT2D eigenvalue weighted by atomic mass is 10.3. The van der Waals surface area contributed by atoms with E-state index in [-0.39, 0.29) is 6.03 Å². The van der Waals surface area contributed by atoms with Gasteiger partial charge in [-0.3, -0.25) is 0 Å². The van der Waals surface area contributed by atoms with Crippen LogP contribution >= 0.6 is 0 Å². The normalized spacial score (nSPS) is 9.91. The number of ether oxygens (including phenoxy) is 2. The summed E-state index contributed by atoms with van der Waals surface area (Å²) >= 11 is 0. The number of carbonyl (C=O) groups is 1. The summed E-state index contributed by atoms with van der Waals surface area (Å²) in [6, 6.07) is 14.2. The fourth-order valence-corrected chi connectivity index (χ4v) is 1.93. The molecule has 0 aliphatic heterocycles. The molecule has 2 aromatic rings. The number of hydrogen-bond donors (Lipinski definition) is 2. The second kappa shape index (κ2) is 7.93. The van der Waals surface area contributed by atoms with E-state index in [1.54, 1.807) is 25.3 Å². The van der Waals surface area contributed by atoms with E-state index in [0.29, 0.717) is 29.5 Å². The molecule has 22 heavy (non-hydrogen) atoms. The molecule has 0 unspecified atom stereocenters. The van der Waals surface area contributed by atoms with Gasteiger partial charge in [-0.25, -0.2) is 4.79 Å². The number of nitrogens with one attached hydrogen (secondary N) is 2. The first-order valence-electron chi connectivity index (χ1n) is 7.17. The number of anilines is 2. The van der Waals surface area contributed by atoms with Crippen molar-refractivity contribution in [2.75, 3.05) is 24.4 Å². The quantitative estimate of drug-likeness (QED) is 0.843. The molecule has 0 aromatic heterocycles. The van der Waals surface area contributed by atoms with Crippen LogP contribution in [0, 0.1) is 0 Å². The summed E-state index contributed by atoms with van der Waals surface area (Å²) in [6.45, 7) is 2.64. The Morgan fingerprint density at radius 2 is 1.50 bits per heavy atom. The monoisotopic (exact) mass is 300 g/mol. The molecule has 0 radical (unpaired) electrons. The summed E-state index contributed by atoms with van der Waals surface area (Å²) in [5.74, 6) is 1.26. The lowest BCUT2D eigenvalue weighted by molar-refractivity contribution is 0.261. The maximum atomic E-state index is 12.1. The van der Waals surface area contributed by atoms with Crippen molar-refractivity contribution in [1.82, 2.24) is 0 Å². The molecule has 2 aromatic carbocycles. The molecule has 0 bridgehead atoms. The molecule has 116 valence electrons. The third-order valence-corrected chi connectivity index (χ3v) is 2.95. The van der Waals surface area contributed by atoms with Crippen molar-refractivity contribution >= 4 is 17.4 Å². The molecule has 0 aliphatic carbocycles. The van der Waals surface area contributed by atoms with Crippen molar-refractivity contribution in [3.05, 3.63) is 48.5 Å².